The van der Waals surface area contributed by atoms with Crippen molar-refractivity contribution in [3.8, 4) is 0 Å². The van der Waals surface area contributed by atoms with Gasteiger partial charge in [-0.3, -0.25) is 0 Å². The molecule has 1 aromatic heterocycles. The fourth-order valence-electron chi connectivity index (χ4n) is 1.84. The average Bonchev–Trinajstić information content (AvgIpc) is 2.82. The zero-order valence-electron chi connectivity index (χ0n) is 10.1. The molecular formula is C14H9ClN2O2S. The van der Waals surface area contributed by atoms with Gasteiger partial charge in [-0.05, 0) is 30.3 Å². The number of rotatable bonds is 3. The van der Waals surface area contributed by atoms with Crippen LogP contribution in [0.25, 0.3) is 10.2 Å². The first-order chi connectivity index (χ1) is 9.63. The molecule has 6 heteroatoms. The fraction of sp³-hybridized carbons (Fsp3) is 0. The lowest BCUT2D eigenvalue weighted by Crippen LogP contribution is -2.02. The van der Waals surface area contributed by atoms with E-state index in [0.29, 0.717) is 15.8 Å². The van der Waals surface area contributed by atoms with Gasteiger partial charge in [-0.1, -0.05) is 35.1 Å². The minimum absolute atomic E-state index is 0.122. The van der Waals surface area contributed by atoms with Crippen LogP contribution in [0, 0.1) is 0 Å². The van der Waals surface area contributed by atoms with Crippen molar-refractivity contribution in [3.63, 3.8) is 0 Å². The third-order valence-electron chi connectivity index (χ3n) is 2.75. The predicted octanol–water partition coefficient (Wildman–Crippen LogP) is 4.39. The molecule has 4 nitrogen and oxygen atoms in total. The number of halogens is 1. The molecule has 0 saturated carbocycles. The Morgan fingerprint density at radius 3 is 2.80 bits per heavy atom. The molecule has 1 heterocycles. The maximum absolute atomic E-state index is 11.2. The topological polar surface area (TPSA) is 62.2 Å². The van der Waals surface area contributed by atoms with Crippen molar-refractivity contribution in [1.29, 1.82) is 0 Å². The van der Waals surface area contributed by atoms with Crippen LogP contribution in [-0.2, 0) is 0 Å². The summed E-state index contributed by atoms with van der Waals surface area (Å²) in [6.07, 6.45) is 0. The summed E-state index contributed by atoms with van der Waals surface area (Å²) in [4.78, 5) is 15.6. The Morgan fingerprint density at radius 1 is 1.25 bits per heavy atom. The molecule has 0 spiro atoms. The third kappa shape index (κ3) is 2.45. The standard InChI is InChI=1S/C14H9ClN2O2S/c15-8-5-6-10(9(7-8)13(18)19)16-14-17-11-3-1-2-4-12(11)20-14/h1-7H,(H,16,17)(H,18,19). The second-order valence-corrected chi connectivity index (χ2v) is 5.57. The summed E-state index contributed by atoms with van der Waals surface area (Å²) >= 11 is 7.29. The summed E-state index contributed by atoms with van der Waals surface area (Å²) in [7, 11) is 0. The van der Waals surface area contributed by atoms with Gasteiger partial charge in [0.1, 0.15) is 0 Å². The van der Waals surface area contributed by atoms with E-state index < -0.39 is 5.97 Å². The number of carbonyl (C=O) groups is 1. The van der Waals surface area contributed by atoms with Crippen molar-refractivity contribution in [2.24, 2.45) is 0 Å². The summed E-state index contributed by atoms with van der Waals surface area (Å²) in [6, 6.07) is 12.4. The van der Waals surface area contributed by atoms with E-state index in [-0.39, 0.29) is 5.56 Å². The van der Waals surface area contributed by atoms with E-state index in [4.69, 9.17) is 11.6 Å². The highest BCUT2D eigenvalue weighted by molar-refractivity contribution is 7.22. The smallest absolute Gasteiger partial charge is 0.337 e. The maximum atomic E-state index is 11.2. The van der Waals surface area contributed by atoms with Crippen LogP contribution in [0.2, 0.25) is 5.02 Å². The largest absolute Gasteiger partial charge is 0.478 e. The Hall–Kier alpha value is -2.11. The summed E-state index contributed by atoms with van der Waals surface area (Å²) in [5, 5.41) is 13.3. The van der Waals surface area contributed by atoms with Crippen LogP contribution in [0.5, 0.6) is 0 Å². The monoisotopic (exact) mass is 304 g/mol. The summed E-state index contributed by atoms with van der Waals surface area (Å²) in [6.45, 7) is 0. The van der Waals surface area contributed by atoms with Gasteiger partial charge >= 0.3 is 5.97 Å². The molecule has 0 fully saturated rings. The molecule has 0 unspecified atom stereocenters. The molecule has 3 aromatic rings. The van der Waals surface area contributed by atoms with Crippen molar-refractivity contribution in [1.82, 2.24) is 4.98 Å². The molecule has 0 amide bonds. The molecular weight excluding hydrogens is 296 g/mol. The number of carboxylic acids is 1. The van der Waals surface area contributed by atoms with Crippen molar-refractivity contribution < 1.29 is 9.90 Å². The maximum Gasteiger partial charge on any atom is 0.337 e. The van der Waals surface area contributed by atoms with E-state index in [1.54, 1.807) is 12.1 Å². The van der Waals surface area contributed by atoms with Crippen molar-refractivity contribution in [3.05, 3.63) is 53.1 Å². The van der Waals surface area contributed by atoms with E-state index in [1.165, 1.54) is 17.4 Å². The van der Waals surface area contributed by atoms with E-state index in [1.807, 2.05) is 24.3 Å². The predicted molar refractivity (Wildman–Crippen MR) is 81.3 cm³/mol. The van der Waals surface area contributed by atoms with Gasteiger partial charge in [0.25, 0.3) is 0 Å². The number of hydrogen-bond acceptors (Lipinski definition) is 4. The molecule has 0 bridgehead atoms. The highest BCUT2D eigenvalue weighted by Crippen LogP contribution is 2.30. The van der Waals surface area contributed by atoms with Crippen LogP contribution in [-0.4, -0.2) is 16.1 Å². The van der Waals surface area contributed by atoms with E-state index in [0.717, 1.165) is 10.2 Å². The van der Waals surface area contributed by atoms with Crippen LogP contribution in [0.4, 0.5) is 10.8 Å². The first-order valence-corrected chi connectivity index (χ1v) is 6.98. The molecule has 0 radical (unpaired) electrons. The Bertz CT molecular complexity index is 768. The number of fused-ring (bicyclic) bond motifs is 1. The zero-order valence-corrected chi connectivity index (χ0v) is 11.7. The number of aromatic nitrogens is 1. The molecule has 20 heavy (non-hydrogen) atoms. The van der Waals surface area contributed by atoms with Crippen LogP contribution in [0.15, 0.2) is 42.5 Å². The second kappa shape index (κ2) is 5.11. The summed E-state index contributed by atoms with van der Waals surface area (Å²) in [5.41, 5.74) is 1.48. The number of carboxylic acid groups (broad SMARTS) is 1. The third-order valence-corrected chi connectivity index (χ3v) is 3.93. The highest BCUT2D eigenvalue weighted by Gasteiger charge is 2.12. The molecule has 0 aliphatic rings. The number of nitrogens with one attached hydrogen (secondary N) is 1. The molecule has 0 saturated heterocycles. The number of aromatic carboxylic acids is 1. The SMILES string of the molecule is O=C(O)c1cc(Cl)ccc1Nc1nc2ccccc2s1. The van der Waals surface area contributed by atoms with Gasteiger partial charge in [0.2, 0.25) is 0 Å². The molecule has 0 atom stereocenters. The van der Waals surface area contributed by atoms with Crippen LogP contribution < -0.4 is 5.32 Å². The molecule has 2 N–H and O–H groups in total. The van der Waals surface area contributed by atoms with Gasteiger partial charge in [-0.2, -0.15) is 0 Å². The van der Waals surface area contributed by atoms with E-state index in [9.17, 15) is 9.90 Å². The zero-order chi connectivity index (χ0) is 14.1. The Kier molecular flexibility index (Phi) is 3.30. The summed E-state index contributed by atoms with van der Waals surface area (Å²) < 4.78 is 1.04. The van der Waals surface area contributed by atoms with Gasteiger partial charge in [0.05, 0.1) is 21.5 Å². The lowest BCUT2D eigenvalue weighted by molar-refractivity contribution is 0.0698. The van der Waals surface area contributed by atoms with E-state index >= 15 is 0 Å². The normalized spacial score (nSPS) is 10.7. The minimum atomic E-state index is -1.03. The van der Waals surface area contributed by atoms with Crippen LogP contribution in [0.3, 0.4) is 0 Å². The fourth-order valence-corrected chi connectivity index (χ4v) is 2.89. The lowest BCUT2D eigenvalue weighted by Gasteiger charge is -2.06. The molecule has 3 rings (SSSR count). The van der Waals surface area contributed by atoms with E-state index in [2.05, 4.69) is 10.3 Å². The number of hydrogen-bond donors (Lipinski definition) is 2. The van der Waals surface area contributed by atoms with Gasteiger partial charge in [-0.15, -0.1) is 0 Å². The number of nitrogens with zero attached hydrogens (tertiary/aromatic N) is 1. The Morgan fingerprint density at radius 2 is 2.05 bits per heavy atom. The van der Waals surface area contributed by atoms with Crippen LogP contribution in [0.1, 0.15) is 10.4 Å². The molecule has 0 aliphatic heterocycles. The van der Waals surface area contributed by atoms with Crippen molar-refractivity contribution in [2.45, 2.75) is 0 Å². The molecule has 100 valence electrons. The number of benzene rings is 2. The van der Waals surface area contributed by atoms with Gasteiger partial charge in [0, 0.05) is 5.02 Å². The van der Waals surface area contributed by atoms with Gasteiger partial charge in [-0.25, -0.2) is 9.78 Å². The number of anilines is 2. The quantitative estimate of drug-likeness (QED) is 0.753. The molecule has 0 aliphatic carbocycles. The minimum Gasteiger partial charge on any atom is -0.478 e. The van der Waals surface area contributed by atoms with Gasteiger partial charge in [0.15, 0.2) is 5.13 Å². The first kappa shape index (κ1) is 12.9. The number of thiazole rings is 1. The summed E-state index contributed by atoms with van der Waals surface area (Å²) in [5.74, 6) is -1.03. The van der Waals surface area contributed by atoms with Crippen molar-refractivity contribution in [2.75, 3.05) is 5.32 Å². The average molecular weight is 305 g/mol. The van der Waals surface area contributed by atoms with Crippen molar-refractivity contribution >= 4 is 49.9 Å². The first-order valence-electron chi connectivity index (χ1n) is 5.79. The van der Waals surface area contributed by atoms with Crippen LogP contribution >= 0.6 is 22.9 Å². The highest BCUT2D eigenvalue weighted by atomic mass is 35.5. The Balaban J connectivity index is 2.00. The Labute approximate surface area is 123 Å². The lowest BCUT2D eigenvalue weighted by atomic mass is 10.2. The number of para-hydroxylation sites is 1. The van der Waals surface area contributed by atoms with Gasteiger partial charge < -0.3 is 10.4 Å². The second-order valence-electron chi connectivity index (χ2n) is 4.11. The molecule has 2 aromatic carbocycles.